The standard InChI is InChI=1S/C13H18N2O5S/c1-9-7-10(14)3-4-11(9)15-12(16)5-6-21(18,19)8-13(17)20-2/h3-4,7H,5-6,8,14H2,1-2H3,(H,15,16). The van der Waals surface area contributed by atoms with E-state index in [-0.39, 0.29) is 6.42 Å². The number of hydrogen-bond acceptors (Lipinski definition) is 6. The first-order valence-corrected chi connectivity index (χ1v) is 7.99. The maximum Gasteiger partial charge on any atom is 0.320 e. The summed E-state index contributed by atoms with van der Waals surface area (Å²) in [4.78, 5) is 22.7. The van der Waals surface area contributed by atoms with Crippen molar-refractivity contribution in [1.82, 2.24) is 0 Å². The van der Waals surface area contributed by atoms with Gasteiger partial charge in [0.25, 0.3) is 0 Å². The minimum Gasteiger partial charge on any atom is -0.468 e. The van der Waals surface area contributed by atoms with Gasteiger partial charge in [-0.1, -0.05) is 0 Å². The van der Waals surface area contributed by atoms with Crippen LogP contribution in [0.4, 0.5) is 11.4 Å². The monoisotopic (exact) mass is 314 g/mol. The summed E-state index contributed by atoms with van der Waals surface area (Å²) < 4.78 is 27.4. The van der Waals surface area contributed by atoms with Gasteiger partial charge in [0.05, 0.1) is 12.9 Å². The number of nitrogens with two attached hydrogens (primary N) is 1. The molecular formula is C13H18N2O5S. The lowest BCUT2D eigenvalue weighted by Crippen LogP contribution is -2.23. The molecule has 1 rings (SSSR count). The lowest BCUT2D eigenvalue weighted by Gasteiger charge is -2.09. The van der Waals surface area contributed by atoms with Crippen molar-refractivity contribution in [1.29, 1.82) is 0 Å². The van der Waals surface area contributed by atoms with Gasteiger partial charge in [-0.2, -0.15) is 0 Å². The number of nitrogens with one attached hydrogen (secondary N) is 1. The summed E-state index contributed by atoms with van der Waals surface area (Å²) >= 11 is 0. The summed E-state index contributed by atoms with van der Waals surface area (Å²) in [5.41, 5.74) is 7.52. The number of ether oxygens (including phenoxy) is 1. The van der Waals surface area contributed by atoms with Gasteiger partial charge in [-0.25, -0.2) is 8.42 Å². The Morgan fingerprint density at radius 1 is 1.33 bits per heavy atom. The summed E-state index contributed by atoms with van der Waals surface area (Å²) in [6.45, 7) is 1.78. The summed E-state index contributed by atoms with van der Waals surface area (Å²) in [7, 11) is -2.55. The van der Waals surface area contributed by atoms with Gasteiger partial charge in [0.2, 0.25) is 5.91 Å². The van der Waals surface area contributed by atoms with Crippen molar-refractivity contribution >= 4 is 33.1 Å². The Kier molecular flexibility index (Phi) is 5.71. The Morgan fingerprint density at radius 2 is 2.00 bits per heavy atom. The highest BCUT2D eigenvalue weighted by Crippen LogP contribution is 2.17. The normalized spacial score (nSPS) is 11.0. The Balaban J connectivity index is 2.56. The first-order valence-electron chi connectivity index (χ1n) is 6.17. The quantitative estimate of drug-likeness (QED) is 0.583. The molecular weight excluding hydrogens is 296 g/mol. The molecule has 0 atom stereocenters. The Labute approximate surface area is 123 Å². The molecule has 7 nitrogen and oxygen atoms in total. The van der Waals surface area contributed by atoms with Crippen LogP contribution < -0.4 is 11.1 Å². The zero-order valence-electron chi connectivity index (χ0n) is 11.9. The Bertz CT molecular complexity index is 640. The third-order valence-corrected chi connectivity index (χ3v) is 4.23. The lowest BCUT2D eigenvalue weighted by molar-refractivity contribution is -0.137. The molecule has 0 heterocycles. The number of hydrogen-bond donors (Lipinski definition) is 2. The van der Waals surface area contributed by atoms with Crippen LogP contribution in [-0.2, 0) is 24.2 Å². The van der Waals surface area contributed by atoms with Crippen LogP contribution in [0.1, 0.15) is 12.0 Å². The smallest absolute Gasteiger partial charge is 0.320 e. The van der Waals surface area contributed by atoms with Crippen molar-refractivity contribution in [2.75, 3.05) is 29.7 Å². The number of carbonyl (C=O) groups is 2. The van der Waals surface area contributed by atoms with Gasteiger partial charge in [-0.15, -0.1) is 0 Å². The molecule has 0 aliphatic heterocycles. The van der Waals surface area contributed by atoms with Crippen molar-refractivity contribution in [2.24, 2.45) is 0 Å². The molecule has 0 saturated heterocycles. The van der Waals surface area contributed by atoms with E-state index in [2.05, 4.69) is 10.1 Å². The van der Waals surface area contributed by atoms with Crippen molar-refractivity contribution in [3.8, 4) is 0 Å². The molecule has 0 aromatic heterocycles. The largest absolute Gasteiger partial charge is 0.468 e. The van der Waals surface area contributed by atoms with E-state index < -0.39 is 33.2 Å². The molecule has 1 aromatic carbocycles. The van der Waals surface area contributed by atoms with Gasteiger partial charge in [-0.3, -0.25) is 9.59 Å². The third-order valence-electron chi connectivity index (χ3n) is 2.73. The van der Waals surface area contributed by atoms with Crippen LogP contribution in [0.3, 0.4) is 0 Å². The predicted molar refractivity (Wildman–Crippen MR) is 79.5 cm³/mol. The number of carbonyl (C=O) groups excluding carboxylic acids is 2. The van der Waals surface area contributed by atoms with Gasteiger partial charge in [0.1, 0.15) is 5.75 Å². The van der Waals surface area contributed by atoms with E-state index in [0.717, 1.165) is 12.7 Å². The number of nitrogen functional groups attached to an aromatic ring is 1. The molecule has 0 radical (unpaired) electrons. The van der Waals surface area contributed by atoms with Crippen molar-refractivity contribution in [2.45, 2.75) is 13.3 Å². The van der Waals surface area contributed by atoms with Crippen LogP contribution in [0, 0.1) is 6.92 Å². The Hall–Kier alpha value is -2.09. The van der Waals surface area contributed by atoms with Crippen LogP contribution in [0.25, 0.3) is 0 Å². The number of sulfone groups is 1. The molecule has 3 N–H and O–H groups in total. The van der Waals surface area contributed by atoms with Crippen molar-refractivity contribution in [3.63, 3.8) is 0 Å². The number of methoxy groups -OCH3 is 1. The molecule has 0 aliphatic rings. The summed E-state index contributed by atoms with van der Waals surface area (Å²) in [6, 6.07) is 4.98. The van der Waals surface area contributed by atoms with E-state index in [1.165, 1.54) is 0 Å². The predicted octanol–water partition coefficient (Wildman–Crippen LogP) is 0.494. The molecule has 116 valence electrons. The van der Waals surface area contributed by atoms with Crippen LogP contribution in [0.5, 0.6) is 0 Å². The fourth-order valence-corrected chi connectivity index (χ4v) is 2.72. The van der Waals surface area contributed by atoms with E-state index in [4.69, 9.17) is 5.73 Å². The third kappa shape index (κ3) is 5.82. The van der Waals surface area contributed by atoms with Crippen LogP contribution in [-0.4, -0.2) is 38.9 Å². The molecule has 0 spiro atoms. The number of aryl methyl sites for hydroxylation is 1. The second kappa shape index (κ2) is 7.07. The SMILES string of the molecule is COC(=O)CS(=O)(=O)CCC(=O)Nc1ccc(N)cc1C. The molecule has 0 unspecified atom stereocenters. The van der Waals surface area contributed by atoms with E-state index in [1.54, 1.807) is 25.1 Å². The topological polar surface area (TPSA) is 116 Å². The van der Waals surface area contributed by atoms with Gasteiger partial charge in [-0.05, 0) is 30.7 Å². The fraction of sp³-hybridized carbons (Fsp3) is 0.385. The maximum absolute atomic E-state index is 11.7. The van der Waals surface area contributed by atoms with E-state index in [9.17, 15) is 18.0 Å². The van der Waals surface area contributed by atoms with Crippen molar-refractivity contribution < 1.29 is 22.7 Å². The maximum atomic E-state index is 11.7. The number of esters is 1. The highest BCUT2D eigenvalue weighted by molar-refractivity contribution is 7.92. The number of rotatable bonds is 6. The first kappa shape index (κ1) is 17.0. The van der Waals surface area contributed by atoms with Gasteiger partial charge in [0.15, 0.2) is 9.84 Å². The first-order chi connectivity index (χ1) is 9.73. The average Bonchev–Trinajstić information content (AvgIpc) is 2.39. The van der Waals surface area contributed by atoms with Crippen molar-refractivity contribution in [3.05, 3.63) is 23.8 Å². The van der Waals surface area contributed by atoms with E-state index >= 15 is 0 Å². The Morgan fingerprint density at radius 3 is 2.57 bits per heavy atom. The second-order valence-electron chi connectivity index (χ2n) is 4.54. The molecule has 1 amide bonds. The summed E-state index contributed by atoms with van der Waals surface area (Å²) in [6.07, 6.45) is -0.233. The number of benzene rings is 1. The summed E-state index contributed by atoms with van der Waals surface area (Å²) in [5.74, 6) is -2.43. The highest BCUT2D eigenvalue weighted by Gasteiger charge is 2.18. The molecule has 0 saturated carbocycles. The molecule has 0 fully saturated rings. The molecule has 0 aliphatic carbocycles. The highest BCUT2D eigenvalue weighted by atomic mass is 32.2. The molecule has 8 heteroatoms. The van der Waals surface area contributed by atoms with Crippen LogP contribution >= 0.6 is 0 Å². The second-order valence-corrected chi connectivity index (χ2v) is 6.72. The minimum absolute atomic E-state index is 0.233. The zero-order chi connectivity index (χ0) is 16.0. The fourth-order valence-electron chi connectivity index (χ4n) is 1.60. The van der Waals surface area contributed by atoms with E-state index in [1.807, 2.05) is 0 Å². The molecule has 21 heavy (non-hydrogen) atoms. The van der Waals surface area contributed by atoms with E-state index in [0.29, 0.717) is 11.4 Å². The van der Waals surface area contributed by atoms with Gasteiger partial charge < -0.3 is 15.8 Å². The van der Waals surface area contributed by atoms with Crippen LogP contribution in [0.2, 0.25) is 0 Å². The summed E-state index contributed by atoms with van der Waals surface area (Å²) in [5, 5.41) is 2.60. The zero-order valence-corrected chi connectivity index (χ0v) is 12.7. The minimum atomic E-state index is -3.65. The number of amides is 1. The lowest BCUT2D eigenvalue weighted by atomic mass is 10.2. The van der Waals surface area contributed by atoms with Crippen LogP contribution in [0.15, 0.2) is 18.2 Å². The number of anilines is 2. The molecule has 0 bridgehead atoms. The average molecular weight is 314 g/mol. The van der Waals surface area contributed by atoms with Gasteiger partial charge in [0, 0.05) is 17.8 Å². The van der Waals surface area contributed by atoms with Gasteiger partial charge >= 0.3 is 5.97 Å². The molecule has 1 aromatic rings.